The molecule has 0 saturated heterocycles. The number of furan rings is 1. The number of hydrogen-bond donors (Lipinski definition) is 0. The van der Waals surface area contributed by atoms with Crippen LogP contribution >= 0.6 is 11.6 Å². The predicted molar refractivity (Wildman–Crippen MR) is 65.2 cm³/mol. The Morgan fingerprint density at radius 3 is 2.81 bits per heavy atom. The first kappa shape index (κ1) is 11.2. The minimum absolute atomic E-state index is 0.0486. The van der Waals surface area contributed by atoms with Crippen LogP contribution in [0.2, 0.25) is 5.02 Å². The summed E-state index contributed by atoms with van der Waals surface area (Å²) in [5, 5.41) is 1.58. The summed E-state index contributed by atoms with van der Waals surface area (Å²) in [6, 6.07) is 5.46. The molecule has 2 nitrogen and oxygen atoms in total. The highest BCUT2D eigenvalue weighted by Gasteiger charge is 2.12. The number of hydrogen-bond acceptors (Lipinski definition) is 2. The molecule has 84 valence electrons. The van der Waals surface area contributed by atoms with E-state index in [1.165, 1.54) is 0 Å². The third-order valence-corrected chi connectivity index (χ3v) is 2.96. The Balaban J connectivity index is 2.48. The highest BCUT2D eigenvalue weighted by Crippen LogP contribution is 2.26. The van der Waals surface area contributed by atoms with E-state index in [0.717, 1.165) is 23.0 Å². The third-order valence-electron chi connectivity index (χ3n) is 2.55. The minimum atomic E-state index is 0.0486. The largest absolute Gasteiger partial charge is 0.453 e. The van der Waals surface area contributed by atoms with Gasteiger partial charge in [0.25, 0.3) is 0 Å². The minimum Gasteiger partial charge on any atom is -0.453 e. The van der Waals surface area contributed by atoms with Gasteiger partial charge in [0.1, 0.15) is 5.58 Å². The van der Waals surface area contributed by atoms with Gasteiger partial charge in [-0.25, -0.2) is 0 Å². The maximum atomic E-state index is 11.7. The van der Waals surface area contributed by atoms with Crippen molar-refractivity contribution in [3.05, 3.63) is 34.5 Å². The first-order chi connectivity index (χ1) is 7.61. The highest BCUT2D eigenvalue weighted by molar-refractivity contribution is 6.32. The lowest BCUT2D eigenvalue weighted by molar-refractivity contribution is 0.0957. The fourth-order valence-corrected chi connectivity index (χ4v) is 1.82. The van der Waals surface area contributed by atoms with E-state index in [0.29, 0.717) is 17.2 Å². The van der Waals surface area contributed by atoms with Crippen LogP contribution in [0.15, 0.2) is 22.6 Å². The molecule has 0 fully saturated rings. The van der Waals surface area contributed by atoms with Crippen molar-refractivity contribution < 1.29 is 9.21 Å². The van der Waals surface area contributed by atoms with Crippen LogP contribution in [0.3, 0.4) is 0 Å². The summed E-state index contributed by atoms with van der Waals surface area (Å²) in [4.78, 5) is 11.7. The number of halogens is 1. The molecule has 0 unspecified atom stereocenters. The Bertz CT molecular complexity index is 501. The fraction of sp³-hybridized carbons (Fsp3) is 0.308. The van der Waals surface area contributed by atoms with Crippen molar-refractivity contribution in [2.24, 2.45) is 0 Å². The Morgan fingerprint density at radius 1 is 1.38 bits per heavy atom. The number of aryl methyl sites for hydroxylation is 1. The number of benzene rings is 1. The number of ketones is 1. The fourth-order valence-electron chi connectivity index (χ4n) is 1.65. The van der Waals surface area contributed by atoms with Crippen molar-refractivity contribution in [2.75, 3.05) is 0 Å². The van der Waals surface area contributed by atoms with Gasteiger partial charge in [-0.2, -0.15) is 0 Å². The zero-order valence-electron chi connectivity index (χ0n) is 9.34. The molecular weight excluding hydrogens is 224 g/mol. The monoisotopic (exact) mass is 236 g/mol. The molecule has 0 saturated carbocycles. The van der Waals surface area contributed by atoms with E-state index in [-0.39, 0.29) is 5.78 Å². The molecule has 0 spiro atoms. The molecule has 1 aromatic heterocycles. The van der Waals surface area contributed by atoms with Gasteiger partial charge in [-0.1, -0.05) is 18.5 Å². The molecule has 2 rings (SSSR count). The van der Waals surface area contributed by atoms with Gasteiger partial charge in [0, 0.05) is 16.8 Å². The van der Waals surface area contributed by atoms with Gasteiger partial charge in [-0.15, -0.1) is 0 Å². The van der Waals surface area contributed by atoms with Gasteiger partial charge in [0.05, 0.1) is 0 Å². The lowest BCUT2D eigenvalue weighted by Crippen LogP contribution is -1.94. The summed E-state index contributed by atoms with van der Waals surface area (Å²) < 4.78 is 5.51. The van der Waals surface area contributed by atoms with E-state index in [9.17, 15) is 4.79 Å². The van der Waals surface area contributed by atoms with Gasteiger partial charge >= 0.3 is 0 Å². The molecule has 0 atom stereocenters. The number of carbonyl (C=O) groups is 1. The van der Waals surface area contributed by atoms with Crippen LogP contribution in [0.1, 0.15) is 35.9 Å². The molecule has 3 heteroatoms. The second kappa shape index (κ2) is 4.30. The van der Waals surface area contributed by atoms with Gasteiger partial charge < -0.3 is 4.42 Å². The van der Waals surface area contributed by atoms with Crippen LogP contribution in [-0.4, -0.2) is 5.78 Å². The van der Waals surface area contributed by atoms with Crippen LogP contribution in [0.5, 0.6) is 0 Å². The third kappa shape index (κ3) is 1.98. The van der Waals surface area contributed by atoms with Gasteiger partial charge in [-0.3, -0.25) is 4.79 Å². The molecule has 0 aliphatic rings. The first-order valence-corrected chi connectivity index (χ1v) is 5.72. The van der Waals surface area contributed by atoms with Crippen molar-refractivity contribution in [1.29, 1.82) is 0 Å². The molecule has 0 radical (unpaired) electrons. The summed E-state index contributed by atoms with van der Waals surface area (Å²) >= 11 is 6.01. The lowest BCUT2D eigenvalue weighted by Gasteiger charge is -1.95. The van der Waals surface area contributed by atoms with Crippen molar-refractivity contribution in [3.8, 4) is 0 Å². The van der Waals surface area contributed by atoms with E-state index in [1.54, 1.807) is 6.07 Å². The topological polar surface area (TPSA) is 30.2 Å². The zero-order valence-corrected chi connectivity index (χ0v) is 10.1. The molecule has 2 aromatic rings. The maximum absolute atomic E-state index is 11.7. The molecule has 0 aliphatic carbocycles. The summed E-state index contributed by atoms with van der Waals surface area (Å²) in [6.45, 7) is 3.89. The number of fused-ring (bicyclic) bond motifs is 1. The van der Waals surface area contributed by atoms with E-state index >= 15 is 0 Å². The van der Waals surface area contributed by atoms with Crippen LogP contribution in [-0.2, 0) is 0 Å². The van der Waals surface area contributed by atoms with Crippen LogP contribution < -0.4 is 0 Å². The Labute approximate surface area is 99.2 Å². The number of Topliss-reactive ketones (excluding diaryl/α,β-unsaturated/α-hetero) is 1. The molecule has 0 amide bonds. The van der Waals surface area contributed by atoms with Crippen LogP contribution in [0, 0.1) is 6.92 Å². The quantitative estimate of drug-likeness (QED) is 0.741. The lowest BCUT2D eigenvalue weighted by atomic mass is 10.1. The SMILES string of the molecule is CCCC(=O)c1cc2cc(Cl)c(C)cc2o1. The molecule has 1 aromatic carbocycles. The normalized spacial score (nSPS) is 10.9. The van der Waals surface area contributed by atoms with Gasteiger partial charge in [-0.05, 0) is 37.1 Å². The Kier molecular flexibility index (Phi) is 3.01. The molecule has 16 heavy (non-hydrogen) atoms. The van der Waals surface area contributed by atoms with E-state index < -0.39 is 0 Å². The average Bonchev–Trinajstić information content (AvgIpc) is 2.62. The van der Waals surface area contributed by atoms with Crippen molar-refractivity contribution in [3.63, 3.8) is 0 Å². The summed E-state index contributed by atoms with van der Waals surface area (Å²) in [7, 11) is 0. The number of carbonyl (C=O) groups excluding carboxylic acids is 1. The first-order valence-electron chi connectivity index (χ1n) is 5.34. The Hall–Kier alpha value is -1.28. The molecule has 1 heterocycles. The molecule has 0 aliphatic heterocycles. The van der Waals surface area contributed by atoms with Crippen molar-refractivity contribution in [1.82, 2.24) is 0 Å². The second-order valence-electron chi connectivity index (χ2n) is 3.92. The second-order valence-corrected chi connectivity index (χ2v) is 4.33. The van der Waals surface area contributed by atoms with Gasteiger partial charge in [0.15, 0.2) is 11.5 Å². The summed E-state index contributed by atoms with van der Waals surface area (Å²) in [5.41, 5.74) is 1.68. The van der Waals surface area contributed by atoms with Crippen LogP contribution in [0.4, 0.5) is 0 Å². The highest BCUT2D eigenvalue weighted by atomic mass is 35.5. The maximum Gasteiger partial charge on any atom is 0.198 e. The van der Waals surface area contributed by atoms with Crippen molar-refractivity contribution >= 4 is 28.4 Å². The molecule has 0 bridgehead atoms. The smallest absolute Gasteiger partial charge is 0.198 e. The standard InChI is InChI=1S/C13H13ClO2/c1-3-4-11(15)13-7-9-6-10(14)8(2)5-12(9)16-13/h5-7H,3-4H2,1-2H3. The summed E-state index contributed by atoms with van der Waals surface area (Å²) in [5.74, 6) is 0.478. The van der Waals surface area contributed by atoms with Crippen LogP contribution in [0.25, 0.3) is 11.0 Å². The van der Waals surface area contributed by atoms with E-state index in [2.05, 4.69) is 0 Å². The van der Waals surface area contributed by atoms with Crippen molar-refractivity contribution in [2.45, 2.75) is 26.7 Å². The van der Waals surface area contributed by atoms with E-state index in [4.69, 9.17) is 16.0 Å². The molecular formula is C13H13ClO2. The zero-order chi connectivity index (χ0) is 11.7. The molecule has 0 N–H and O–H groups in total. The Morgan fingerprint density at radius 2 is 2.12 bits per heavy atom. The summed E-state index contributed by atoms with van der Waals surface area (Å²) in [6.07, 6.45) is 1.35. The van der Waals surface area contributed by atoms with E-state index in [1.807, 2.05) is 26.0 Å². The predicted octanol–water partition coefficient (Wildman–Crippen LogP) is 4.38. The average molecular weight is 237 g/mol. The van der Waals surface area contributed by atoms with Gasteiger partial charge in [0.2, 0.25) is 0 Å². The number of rotatable bonds is 3.